The Hall–Kier alpha value is -3.27. The summed E-state index contributed by atoms with van der Waals surface area (Å²) in [6.45, 7) is 1.17. The Bertz CT molecular complexity index is 1600. The Morgan fingerprint density at radius 1 is 0.679 bits per heavy atom. The highest BCUT2D eigenvalue weighted by molar-refractivity contribution is 5.44. The van der Waals surface area contributed by atoms with Gasteiger partial charge in [0.15, 0.2) is 30.1 Å². The van der Waals surface area contributed by atoms with E-state index >= 15 is 0 Å². The van der Waals surface area contributed by atoms with E-state index in [1.165, 1.54) is 0 Å². The van der Waals surface area contributed by atoms with Crippen LogP contribution in [0.2, 0.25) is 0 Å². The number of benzene rings is 3. The van der Waals surface area contributed by atoms with E-state index in [0.29, 0.717) is 0 Å². The molecule has 12 N–H and O–H groups in total. The maximum Gasteiger partial charge on any atom is 0.183 e. The van der Waals surface area contributed by atoms with Crippen LogP contribution in [-0.4, -0.2) is 141 Å². The van der Waals surface area contributed by atoms with Crippen LogP contribution in [0.25, 0.3) is 0 Å². The Morgan fingerprint density at radius 2 is 1.17 bits per heavy atom. The van der Waals surface area contributed by atoms with Crippen LogP contribution in [0.3, 0.4) is 0 Å². The van der Waals surface area contributed by atoms with Crippen LogP contribution in [0.1, 0.15) is 16.7 Å². The minimum Gasteiger partial charge on any atom is -0.394 e. The molecule has 0 aromatic heterocycles. The zero-order valence-corrected chi connectivity index (χ0v) is 28.6. The minimum atomic E-state index is -2.50. The van der Waals surface area contributed by atoms with Crippen LogP contribution < -0.4 is 11.5 Å². The Labute approximate surface area is 305 Å². The molecule has 3 fully saturated rings. The van der Waals surface area contributed by atoms with Crippen molar-refractivity contribution in [2.75, 3.05) is 19.8 Å². The monoisotopic (exact) mass is 741 g/mol. The van der Waals surface area contributed by atoms with Crippen molar-refractivity contribution in [2.24, 2.45) is 16.5 Å². The molecule has 3 aliphatic heterocycles. The molecule has 0 bridgehead atoms. The third kappa shape index (κ3) is 6.42. The molecular weight excluding hydrogens is 694 g/mol. The third-order valence-corrected chi connectivity index (χ3v) is 10.6. The van der Waals surface area contributed by atoms with E-state index < -0.39 is 110 Å². The first-order chi connectivity index (χ1) is 25.4. The second kappa shape index (κ2) is 15.8. The molecule has 3 saturated heterocycles. The average molecular weight is 742 g/mol. The van der Waals surface area contributed by atoms with Crippen LogP contribution in [0, 0.1) is 0 Å². The maximum atomic E-state index is 13.2. The summed E-state index contributed by atoms with van der Waals surface area (Å²) in [6.07, 6.45) is -13.7. The smallest absolute Gasteiger partial charge is 0.183 e. The molecule has 53 heavy (non-hydrogen) atoms. The SMILES string of the molecule is C=N[C@H]1[C@H](OC2[C@@H](CO)O[C@@H](O)[C@H](N)[C@H]2O)O[C@H](CO)C(O[C@H]2O[C@@](CO)(c3ccccc3)[C@](O)(c3ccccc3)[C@@](O)(c3ccccc3)[C@H]2N)[C@@H]1O. The first kappa shape index (κ1) is 39.4. The zero-order valence-electron chi connectivity index (χ0n) is 28.6. The Kier molecular flexibility index (Phi) is 11.8. The van der Waals surface area contributed by atoms with Crippen molar-refractivity contribution < 1.29 is 64.5 Å². The van der Waals surface area contributed by atoms with Crippen LogP contribution in [0.5, 0.6) is 0 Å². The van der Waals surface area contributed by atoms with E-state index in [4.69, 9.17) is 35.2 Å². The van der Waals surface area contributed by atoms with Gasteiger partial charge in [0.2, 0.25) is 0 Å². The number of aliphatic imine (C=N–C) groups is 1. The summed E-state index contributed by atoms with van der Waals surface area (Å²) in [5.74, 6) is 0. The summed E-state index contributed by atoms with van der Waals surface area (Å²) >= 11 is 0. The molecule has 16 nitrogen and oxygen atoms in total. The van der Waals surface area contributed by atoms with E-state index in [2.05, 4.69) is 11.7 Å². The Balaban J connectivity index is 1.41. The van der Waals surface area contributed by atoms with Crippen molar-refractivity contribution >= 4 is 6.72 Å². The topological polar surface area (TPSA) is 272 Å². The summed E-state index contributed by atoms with van der Waals surface area (Å²) in [4.78, 5) is 3.97. The number of nitrogens with two attached hydrogens (primary N) is 2. The third-order valence-electron chi connectivity index (χ3n) is 10.6. The summed E-state index contributed by atoms with van der Waals surface area (Å²) in [5, 5.41) is 90.7. The normalized spacial score (nSPS) is 41.8. The van der Waals surface area contributed by atoms with Crippen molar-refractivity contribution in [3.05, 3.63) is 108 Å². The highest BCUT2D eigenvalue weighted by atomic mass is 16.7. The molecule has 15 atom stereocenters. The van der Waals surface area contributed by atoms with Crippen molar-refractivity contribution in [3.8, 4) is 0 Å². The van der Waals surface area contributed by atoms with E-state index in [1.807, 2.05) is 0 Å². The van der Waals surface area contributed by atoms with E-state index in [0.717, 1.165) is 0 Å². The molecule has 2 unspecified atom stereocenters. The van der Waals surface area contributed by atoms with Gasteiger partial charge in [-0.1, -0.05) is 91.0 Å². The summed E-state index contributed by atoms with van der Waals surface area (Å²) < 4.78 is 30.2. The van der Waals surface area contributed by atoms with Crippen molar-refractivity contribution in [2.45, 2.75) is 90.4 Å². The van der Waals surface area contributed by atoms with Crippen LogP contribution in [0.4, 0.5) is 0 Å². The quantitative estimate of drug-likeness (QED) is 0.0922. The van der Waals surface area contributed by atoms with Gasteiger partial charge in [0.05, 0.1) is 31.9 Å². The number of ether oxygens (including phenoxy) is 5. The van der Waals surface area contributed by atoms with Gasteiger partial charge in [0.1, 0.15) is 48.3 Å². The van der Waals surface area contributed by atoms with Crippen molar-refractivity contribution in [1.82, 2.24) is 0 Å². The van der Waals surface area contributed by atoms with Gasteiger partial charge in [-0.2, -0.15) is 0 Å². The number of rotatable bonds is 11. The minimum absolute atomic E-state index is 0.151. The van der Waals surface area contributed by atoms with Gasteiger partial charge < -0.3 is 76.0 Å². The molecule has 0 aliphatic carbocycles. The molecule has 16 heteroatoms. The van der Waals surface area contributed by atoms with Crippen LogP contribution in [-0.2, 0) is 40.5 Å². The van der Waals surface area contributed by atoms with E-state index in [1.54, 1.807) is 91.0 Å². The predicted molar refractivity (Wildman–Crippen MR) is 186 cm³/mol. The lowest BCUT2D eigenvalue weighted by atomic mass is 9.58. The molecule has 3 heterocycles. The molecule has 0 spiro atoms. The fourth-order valence-corrected chi connectivity index (χ4v) is 7.78. The second-order valence-corrected chi connectivity index (χ2v) is 13.5. The number of hydrogen-bond acceptors (Lipinski definition) is 16. The first-order valence-corrected chi connectivity index (χ1v) is 17.2. The fraction of sp³-hybridized carbons (Fsp3) is 0.486. The fourth-order valence-electron chi connectivity index (χ4n) is 7.78. The van der Waals surface area contributed by atoms with Gasteiger partial charge >= 0.3 is 0 Å². The van der Waals surface area contributed by atoms with Gasteiger partial charge in [-0.3, -0.25) is 4.99 Å². The summed E-state index contributed by atoms with van der Waals surface area (Å²) in [7, 11) is 0. The van der Waals surface area contributed by atoms with Gasteiger partial charge in [-0.05, 0) is 23.4 Å². The lowest BCUT2D eigenvalue weighted by Gasteiger charge is -2.62. The number of aliphatic hydroxyl groups is 8. The van der Waals surface area contributed by atoms with Crippen LogP contribution in [0.15, 0.2) is 96.0 Å². The summed E-state index contributed by atoms with van der Waals surface area (Å²) in [6, 6.07) is 20.2. The molecule has 0 amide bonds. The predicted octanol–water partition coefficient (Wildman–Crippen LogP) is -2.35. The highest BCUT2D eigenvalue weighted by Crippen LogP contribution is 2.59. The molecule has 0 radical (unpaired) electrons. The van der Waals surface area contributed by atoms with Crippen molar-refractivity contribution in [1.29, 1.82) is 0 Å². The largest absolute Gasteiger partial charge is 0.394 e. The molecular formula is C37H47N3O13. The number of nitrogens with zero attached hydrogens (tertiary/aromatic N) is 1. The lowest BCUT2D eigenvalue weighted by Crippen LogP contribution is -2.78. The number of hydrogen-bond donors (Lipinski definition) is 10. The molecule has 288 valence electrons. The average Bonchev–Trinajstić information content (AvgIpc) is 3.19. The van der Waals surface area contributed by atoms with Crippen molar-refractivity contribution in [3.63, 3.8) is 0 Å². The molecule has 3 aliphatic rings. The molecule has 6 rings (SSSR count). The second-order valence-electron chi connectivity index (χ2n) is 13.5. The molecule has 3 aromatic carbocycles. The zero-order chi connectivity index (χ0) is 38.1. The van der Waals surface area contributed by atoms with Gasteiger partial charge in [0.25, 0.3) is 0 Å². The number of aliphatic hydroxyl groups excluding tert-OH is 6. The van der Waals surface area contributed by atoms with Gasteiger partial charge in [-0.15, -0.1) is 0 Å². The Morgan fingerprint density at radius 3 is 1.70 bits per heavy atom. The highest BCUT2D eigenvalue weighted by Gasteiger charge is 2.73. The summed E-state index contributed by atoms with van der Waals surface area (Å²) in [5.41, 5.74) is 6.17. The van der Waals surface area contributed by atoms with Crippen LogP contribution >= 0.6 is 0 Å². The van der Waals surface area contributed by atoms with E-state index in [9.17, 15) is 40.9 Å². The molecule has 0 saturated carbocycles. The first-order valence-electron chi connectivity index (χ1n) is 17.2. The maximum absolute atomic E-state index is 13.2. The van der Waals surface area contributed by atoms with Gasteiger partial charge in [0, 0.05) is 0 Å². The standard InChI is InChI=1S/C37H47N3O13/c1-40-26-28(45)30(24(18-42)50-33(26)51-29-23(17-41)49-32(46)25(38)27(29)44)52-34-31(39)36(47,21-13-7-3-8-14-21)37(48,22-15-9-4-10-16-22)35(19-43,53-34)20-11-5-2-6-12-20/h2-16,23-34,41-48H,1,17-19,38-39H2/t23-,24-,25-,26-,27-,28-,29?,30?,31+,32-,33+,34+,35+,36-,37-/m1/s1. The molecule has 3 aromatic rings. The lowest BCUT2D eigenvalue weighted by molar-refractivity contribution is -0.408. The van der Waals surface area contributed by atoms with E-state index in [-0.39, 0.29) is 16.7 Å². The van der Waals surface area contributed by atoms with Gasteiger partial charge in [-0.25, -0.2) is 0 Å².